The molecule has 0 saturated carbocycles. The Kier molecular flexibility index (Phi) is 3.51. The molecule has 2 aromatic rings. The summed E-state index contributed by atoms with van der Waals surface area (Å²) in [6, 6.07) is 0. The van der Waals surface area contributed by atoms with Crippen LogP contribution in [0.3, 0.4) is 0 Å². The summed E-state index contributed by atoms with van der Waals surface area (Å²) in [5, 5.41) is 11.8. The van der Waals surface area contributed by atoms with E-state index in [1.807, 2.05) is 0 Å². The van der Waals surface area contributed by atoms with Gasteiger partial charge in [-0.05, 0) is 12.3 Å². The topological polar surface area (TPSA) is 105 Å². The van der Waals surface area contributed by atoms with Crippen molar-refractivity contribution in [2.24, 2.45) is 11.7 Å². The van der Waals surface area contributed by atoms with E-state index in [9.17, 15) is 0 Å². The zero-order valence-corrected chi connectivity index (χ0v) is 10.5. The number of hydrogen-bond donors (Lipinski definition) is 1. The lowest BCUT2D eigenvalue weighted by atomic mass is 10.1. The molecule has 0 spiro atoms. The van der Waals surface area contributed by atoms with Crippen molar-refractivity contribution in [3.05, 3.63) is 23.6 Å². The van der Waals surface area contributed by atoms with Gasteiger partial charge in [-0.25, -0.2) is 4.68 Å². The molecule has 0 radical (unpaired) electrons. The van der Waals surface area contributed by atoms with Gasteiger partial charge in [0.05, 0.1) is 11.9 Å². The maximum absolute atomic E-state index is 5.47. The van der Waals surface area contributed by atoms with E-state index in [1.54, 1.807) is 10.9 Å². The van der Waals surface area contributed by atoms with Gasteiger partial charge in [0, 0.05) is 26.2 Å². The van der Waals surface area contributed by atoms with Crippen LogP contribution in [0.15, 0.2) is 10.7 Å². The van der Waals surface area contributed by atoms with E-state index in [4.69, 9.17) is 15.0 Å². The van der Waals surface area contributed by atoms with Gasteiger partial charge in [0.25, 0.3) is 0 Å². The molecular weight excluding hydrogens is 248 g/mol. The molecule has 1 atom stereocenters. The van der Waals surface area contributed by atoms with Crippen molar-refractivity contribution in [3.63, 3.8) is 0 Å². The Balaban J connectivity index is 1.60. The summed E-state index contributed by atoms with van der Waals surface area (Å²) in [5.74, 6) is 1.76. The Morgan fingerprint density at radius 3 is 3.16 bits per heavy atom. The molecule has 0 aliphatic carbocycles. The highest BCUT2D eigenvalue weighted by Crippen LogP contribution is 2.16. The van der Waals surface area contributed by atoms with E-state index in [0.717, 1.165) is 37.6 Å². The number of ether oxygens (including phenoxy) is 1. The Bertz CT molecular complexity index is 531. The molecule has 3 heterocycles. The number of nitrogens with zero attached hydrogens (tertiary/aromatic N) is 5. The van der Waals surface area contributed by atoms with Gasteiger partial charge in [0.2, 0.25) is 5.89 Å². The summed E-state index contributed by atoms with van der Waals surface area (Å²) in [7, 11) is 0. The Morgan fingerprint density at radius 2 is 2.42 bits per heavy atom. The average Bonchev–Trinajstić information content (AvgIpc) is 3.13. The largest absolute Gasteiger partial charge is 0.381 e. The van der Waals surface area contributed by atoms with Gasteiger partial charge >= 0.3 is 0 Å². The van der Waals surface area contributed by atoms with Gasteiger partial charge in [0.1, 0.15) is 6.54 Å². The third-order valence-electron chi connectivity index (χ3n) is 3.10. The van der Waals surface area contributed by atoms with Crippen LogP contribution in [-0.2, 0) is 24.2 Å². The van der Waals surface area contributed by atoms with Crippen molar-refractivity contribution in [1.29, 1.82) is 0 Å². The van der Waals surface area contributed by atoms with Crippen LogP contribution in [-0.4, -0.2) is 38.3 Å². The van der Waals surface area contributed by atoms with E-state index in [2.05, 4.69) is 20.5 Å². The van der Waals surface area contributed by atoms with Crippen molar-refractivity contribution in [2.75, 3.05) is 13.2 Å². The van der Waals surface area contributed by atoms with Gasteiger partial charge in [-0.1, -0.05) is 10.4 Å². The first-order valence-electron chi connectivity index (χ1n) is 6.32. The molecule has 8 heteroatoms. The fraction of sp³-hybridized carbons (Fsp3) is 0.636. The standard InChI is InChI=1S/C11H16N6O2/c12-4-9-5-17(16-14-9)6-11-13-10(15-19-11)3-8-1-2-18-7-8/h5,8H,1-4,6-7,12H2. The van der Waals surface area contributed by atoms with Crippen molar-refractivity contribution in [2.45, 2.75) is 25.9 Å². The molecule has 8 nitrogen and oxygen atoms in total. The summed E-state index contributed by atoms with van der Waals surface area (Å²) in [5.41, 5.74) is 6.21. The Morgan fingerprint density at radius 1 is 1.47 bits per heavy atom. The molecule has 2 N–H and O–H groups in total. The number of aromatic nitrogens is 5. The predicted molar refractivity (Wildman–Crippen MR) is 63.9 cm³/mol. The van der Waals surface area contributed by atoms with E-state index >= 15 is 0 Å². The van der Waals surface area contributed by atoms with Crippen molar-refractivity contribution >= 4 is 0 Å². The summed E-state index contributed by atoms with van der Waals surface area (Å²) in [4.78, 5) is 4.35. The van der Waals surface area contributed by atoms with Gasteiger partial charge < -0.3 is 15.0 Å². The first-order valence-corrected chi connectivity index (χ1v) is 6.32. The van der Waals surface area contributed by atoms with Gasteiger partial charge in [-0.15, -0.1) is 5.10 Å². The highest BCUT2D eigenvalue weighted by atomic mass is 16.5. The third kappa shape index (κ3) is 2.96. The van der Waals surface area contributed by atoms with Crippen molar-refractivity contribution in [3.8, 4) is 0 Å². The molecule has 102 valence electrons. The molecule has 2 aromatic heterocycles. The predicted octanol–water partition coefficient (Wildman–Crippen LogP) is -0.253. The van der Waals surface area contributed by atoms with Crippen molar-refractivity contribution < 1.29 is 9.26 Å². The molecule has 1 aliphatic heterocycles. The second-order valence-corrected chi connectivity index (χ2v) is 4.65. The van der Waals surface area contributed by atoms with Crippen LogP contribution >= 0.6 is 0 Å². The van der Waals surface area contributed by atoms with Crippen LogP contribution in [0.1, 0.15) is 23.8 Å². The second-order valence-electron chi connectivity index (χ2n) is 4.65. The molecule has 0 aromatic carbocycles. The summed E-state index contributed by atoms with van der Waals surface area (Å²) < 4.78 is 12.2. The minimum atomic E-state index is 0.372. The van der Waals surface area contributed by atoms with Crippen LogP contribution in [0.25, 0.3) is 0 Å². The van der Waals surface area contributed by atoms with Crippen LogP contribution in [0.2, 0.25) is 0 Å². The zero-order chi connectivity index (χ0) is 13.1. The lowest BCUT2D eigenvalue weighted by Crippen LogP contribution is -2.05. The quantitative estimate of drug-likeness (QED) is 0.793. The molecular formula is C11H16N6O2. The third-order valence-corrected chi connectivity index (χ3v) is 3.10. The van der Waals surface area contributed by atoms with Crippen LogP contribution in [0, 0.1) is 5.92 Å². The van der Waals surface area contributed by atoms with E-state index in [1.165, 1.54) is 0 Å². The van der Waals surface area contributed by atoms with Gasteiger partial charge in [0.15, 0.2) is 5.82 Å². The molecule has 1 aliphatic rings. The number of rotatable bonds is 5. The SMILES string of the molecule is NCc1cn(Cc2nc(CC3CCOC3)no2)nn1. The normalized spacial score (nSPS) is 19.1. The fourth-order valence-corrected chi connectivity index (χ4v) is 2.09. The first kappa shape index (κ1) is 12.2. The van der Waals surface area contributed by atoms with Gasteiger partial charge in [-0.3, -0.25) is 0 Å². The summed E-state index contributed by atoms with van der Waals surface area (Å²) in [6.07, 6.45) is 3.64. The minimum absolute atomic E-state index is 0.372. The highest BCUT2D eigenvalue weighted by Gasteiger charge is 2.19. The zero-order valence-electron chi connectivity index (χ0n) is 10.5. The molecule has 0 bridgehead atoms. The monoisotopic (exact) mass is 264 g/mol. The lowest BCUT2D eigenvalue weighted by molar-refractivity contribution is 0.185. The maximum Gasteiger partial charge on any atom is 0.248 e. The summed E-state index contributed by atoms with van der Waals surface area (Å²) >= 11 is 0. The smallest absolute Gasteiger partial charge is 0.248 e. The average molecular weight is 264 g/mol. The van der Waals surface area contributed by atoms with Crippen LogP contribution in [0.4, 0.5) is 0 Å². The summed E-state index contributed by atoms with van der Waals surface area (Å²) in [6.45, 7) is 2.40. The maximum atomic E-state index is 5.47. The van der Waals surface area contributed by atoms with E-state index in [-0.39, 0.29) is 0 Å². The Labute approximate surface area is 109 Å². The molecule has 0 amide bonds. The van der Waals surface area contributed by atoms with E-state index < -0.39 is 0 Å². The minimum Gasteiger partial charge on any atom is -0.381 e. The Hall–Kier alpha value is -1.80. The first-order chi connectivity index (χ1) is 9.33. The van der Waals surface area contributed by atoms with Crippen LogP contribution in [0.5, 0.6) is 0 Å². The molecule has 1 unspecified atom stereocenters. The van der Waals surface area contributed by atoms with E-state index in [0.29, 0.717) is 24.9 Å². The number of nitrogens with two attached hydrogens (primary N) is 1. The second kappa shape index (κ2) is 5.45. The fourth-order valence-electron chi connectivity index (χ4n) is 2.09. The van der Waals surface area contributed by atoms with Gasteiger partial charge in [-0.2, -0.15) is 4.98 Å². The molecule has 3 rings (SSSR count). The molecule has 1 fully saturated rings. The molecule has 1 saturated heterocycles. The number of hydrogen-bond acceptors (Lipinski definition) is 7. The van der Waals surface area contributed by atoms with Crippen LogP contribution < -0.4 is 5.73 Å². The highest BCUT2D eigenvalue weighted by molar-refractivity contribution is 4.94. The lowest BCUT2D eigenvalue weighted by Gasteiger charge is -2.00. The molecule has 19 heavy (non-hydrogen) atoms. The van der Waals surface area contributed by atoms with Crippen molar-refractivity contribution in [1.82, 2.24) is 25.1 Å².